The van der Waals surface area contributed by atoms with Gasteiger partial charge >= 0.3 is 0 Å². The molecule has 0 aliphatic rings. The van der Waals surface area contributed by atoms with Crippen molar-refractivity contribution in [2.24, 2.45) is 5.92 Å². The van der Waals surface area contributed by atoms with Crippen molar-refractivity contribution in [2.45, 2.75) is 26.5 Å². The standard InChI is InChI=1S/C28H26N8O/c1-16(2)10-25(37)32-18-11-17(13-29-14-18)23-12-20-24(15-31-23)35-36-27(20)28-33-22-8-5-6-19(26(22)34-28)21-7-3-4-9-30-21/h3-9,11-16,25,32,37H,10H2,1-2H3,(H,33,34)(H,35,36). The fourth-order valence-electron chi connectivity index (χ4n) is 4.48. The Bertz CT molecular complexity index is 1690. The van der Waals surface area contributed by atoms with Gasteiger partial charge in [0.15, 0.2) is 5.82 Å². The maximum Gasteiger partial charge on any atom is 0.159 e. The molecule has 0 saturated carbocycles. The maximum absolute atomic E-state index is 10.3. The summed E-state index contributed by atoms with van der Waals surface area (Å²) in [5.74, 6) is 1.03. The molecule has 1 atom stereocenters. The number of rotatable bonds is 7. The SMILES string of the molecule is CC(C)CC(O)Nc1cncc(-c2cc3c(-c4nc5c(-c6ccccn6)cccc5[nH]4)n[nH]c3cn2)c1. The molecule has 1 unspecified atom stereocenters. The number of hydrogen-bond acceptors (Lipinski definition) is 7. The van der Waals surface area contributed by atoms with E-state index < -0.39 is 6.23 Å². The molecule has 0 fully saturated rings. The second kappa shape index (κ2) is 9.44. The molecule has 0 radical (unpaired) electrons. The zero-order chi connectivity index (χ0) is 25.4. The van der Waals surface area contributed by atoms with Gasteiger partial charge in [-0.2, -0.15) is 5.10 Å². The summed E-state index contributed by atoms with van der Waals surface area (Å²) in [5.41, 5.74) is 7.39. The Morgan fingerprint density at radius 1 is 0.946 bits per heavy atom. The number of aromatic nitrogens is 7. The highest BCUT2D eigenvalue weighted by atomic mass is 16.3. The van der Waals surface area contributed by atoms with Crippen LogP contribution in [0.4, 0.5) is 5.69 Å². The van der Waals surface area contributed by atoms with Crippen LogP contribution in [0.3, 0.4) is 0 Å². The highest BCUT2D eigenvalue weighted by Crippen LogP contribution is 2.32. The van der Waals surface area contributed by atoms with E-state index in [9.17, 15) is 5.11 Å². The number of aliphatic hydroxyl groups is 1. The Labute approximate surface area is 213 Å². The number of imidazole rings is 1. The molecule has 0 bridgehead atoms. The maximum atomic E-state index is 10.3. The third kappa shape index (κ3) is 4.52. The summed E-state index contributed by atoms with van der Waals surface area (Å²) in [6.07, 6.45) is 7.00. The molecule has 37 heavy (non-hydrogen) atoms. The Balaban J connectivity index is 1.38. The van der Waals surface area contributed by atoms with Gasteiger partial charge in [-0.05, 0) is 42.7 Å². The fraction of sp³-hybridized carbons (Fsp3) is 0.179. The van der Waals surface area contributed by atoms with E-state index in [0.29, 0.717) is 23.9 Å². The molecular weight excluding hydrogens is 464 g/mol. The summed E-state index contributed by atoms with van der Waals surface area (Å²) in [5, 5.41) is 21.9. The molecule has 5 heterocycles. The average molecular weight is 491 g/mol. The summed E-state index contributed by atoms with van der Waals surface area (Å²) in [6.45, 7) is 4.14. The van der Waals surface area contributed by atoms with Crippen molar-refractivity contribution in [3.63, 3.8) is 0 Å². The minimum Gasteiger partial charge on any atom is -0.374 e. The first-order valence-electron chi connectivity index (χ1n) is 12.2. The third-order valence-corrected chi connectivity index (χ3v) is 6.19. The molecule has 5 aromatic heterocycles. The van der Waals surface area contributed by atoms with Crippen LogP contribution in [0.1, 0.15) is 20.3 Å². The van der Waals surface area contributed by atoms with E-state index in [1.54, 1.807) is 24.8 Å². The average Bonchev–Trinajstić information content (AvgIpc) is 3.52. The van der Waals surface area contributed by atoms with Crippen molar-refractivity contribution in [3.05, 3.63) is 73.3 Å². The number of nitrogens with zero attached hydrogens (tertiary/aromatic N) is 5. The zero-order valence-corrected chi connectivity index (χ0v) is 20.5. The lowest BCUT2D eigenvalue weighted by Gasteiger charge is -2.16. The first-order valence-corrected chi connectivity index (χ1v) is 12.2. The molecule has 9 nitrogen and oxygen atoms in total. The zero-order valence-electron chi connectivity index (χ0n) is 20.5. The molecule has 184 valence electrons. The van der Waals surface area contributed by atoms with E-state index in [0.717, 1.165) is 50.1 Å². The number of aliphatic hydroxyl groups excluding tert-OH is 1. The minimum absolute atomic E-state index is 0.375. The Kier molecular flexibility index (Phi) is 5.82. The summed E-state index contributed by atoms with van der Waals surface area (Å²) >= 11 is 0. The highest BCUT2D eigenvalue weighted by molar-refractivity contribution is 5.97. The summed E-state index contributed by atoms with van der Waals surface area (Å²) in [4.78, 5) is 21.8. The van der Waals surface area contributed by atoms with Gasteiger partial charge in [0.2, 0.25) is 0 Å². The number of H-pyrrole nitrogens is 2. The number of pyridine rings is 3. The van der Waals surface area contributed by atoms with Gasteiger partial charge in [0.05, 0.1) is 46.0 Å². The predicted octanol–water partition coefficient (Wildman–Crippen LogP) is 5.40. The number of nitrogens with one attached hydrogen (secondary N) is 3. The van der Waals surface area contributed by atoms with Gasteiger partial charge in [0, 0.05) is 28.9 Å². The van der Waals surface area contributed by atoms with Crippen LogP contribution < -0.4 is 5.32 Å². The van der Waals surface area contributed by atoms with Gasteiger partial charge in [0.25, 0.3) is 0 Å². The first kappa shape index (κ1) is 22.8. The van der Waals surface area contributed by atoms with Crippen LogP contribution in [0.15, 0.2) is 73.3 Å². The lowest BCUT2D eigenvalue weighted by Crippen LogP contribution is -2.20. The van der Waals surface area contributed by atoms with Crippen molar-refractivity contribution in [2.75, 3.05) is 5.32 Å². The van der Waals surface area contributed by atoms with Crippen LogP contribution in [-0.4, -0.2) is 46.5 Å². The predicted molar refractivity (Wildman–Crippen MR) is 145 cm³/mol. The number of benzene rings is 1. The number of para-hydroxylation sites is 1. The fourth-order valence-corrected chi connectivity index (χ4v) is 4.48. The van der Waals surface area contributed by atoms with E-state index in [1.165, 1.54) is 0 Å². The Morgan fingerprint density at radius 3 is 2.70 bits per heavy atom. The summed E-state index contributed by atoms with van der Waals surface area (Å²) < 4.78 is 0. The van der Waals surface area contributed by atoms with Crippen molar-refractivity contribution < 1.29 is 5.11 Å². The van der Waals surface area contributed by atoms with Crippen molar-refractivity contribution in [1.29, 1.82) is 0 Å². The molecule has 9 heteroatoms. The third-order valence-electron chi connectivity index (χ3n) is 6.19. The topological polar surface area (TPSA) is 128 Å². The van der Waals surface area contributed by atoms with E-state index in [4.69, 9.17) is 4.98 Å². The molecule has 6 rings (SSSR count). The Morgan fingerprint density at radius 2 is 1.86 bits per heavy atom. The van der Waals surface area contributed by atoms with Crippen molar-refractivity contribution >= 4 is 27.6 Å². The Hall–Kier alpha value is -4.63. The van der Waals surface area contributed by atoms with Crippen LogP contribution >= 0.6 is 0 Å². The molecule has 0 amide bonds. The highest BCUT2D eigenvalue weighted by Gasteiger charge is 2.17. The molecule has 1 aromatic carbocycles. The summed E-state index contributed by atoms with van der Waals surface area (Å²) in [6, 6.07) is 15.8. The molecule has 0 aliphatic heterocycles. The molecule has 0 spiro atoms. The molecule has 0 saturated heterocycles. The lowest BCUT2D eigenvalue weighted by molar-refractivity contribution is 0.176. The molecular formula is C28H26N8O. The monoisotopic (exact) mass is 490 g/mol. The largest absolute Gasteiger partial charge is 0.374 e. The number of anilines is 1. The molecule has 4 N–H and O–H groups in total. The van der Waals surface area contributed by atoms with E-state index >= 15 is 0 Å². The van der Waals surface area contributed by atoms with E-state index in [2.05, 4.69) is 49.3 Å². The molecule has 0 aliphatic carbocycles. The van der Waals surface area contributed by atoms with E-state index in [-0.39, 0.29) is 0 Å². The van der Waals surface area contributed by atoms with Crippen molar-refractivity contribution in [1.82, 2.24) is 35.1 Å². The lowest BCUT2D eigenvalue weighted by atomic mass is 10.1. The molecule has 6 aromatic rings. The van der Waals surface area contributed by atoms with Crippen LogP contribution in [-0.2, 0) is 0 Å². The number of aromatic amines is 2. The number of hydrogen-bond donors (Lipinski definition) is 4. The van der Waals surface area contributed by atoms with Gasteiger partial charge < -0.3 is 15.4 Å². The van der Waals surface area contributed by atoms with Crippen LogP contribution in [0, 0.1) is 5.92 Å². The smallest absolute Gasteiger partial charge is 0.159 e. The van der Waals surface area contributed by atoms with Gasteiger partial charge in [-0.25, -0.2) is 4.98 Å². The summed E-state index contributed by atoms with van der Waals surface area (Å²) in [7, 11) is 0. The normalized spacial score (nSPS) is 12.4. The first-order chi connectivity index (χ1) is 18.0. The van der Waals surface area contributed by atoms with Gasteiger partial charge in [-0.15, -0.1) is 0 Å². The quantitative estimate of drug-likeness (QED) is 0.221. The van der Waals surface area contributed by atoms with Gasteiger partial charge in [0.1, 0.15) is 11.9 Å². The minimum atomic E-state index is -0.642. The number of fused-ring (bicyclic) bond motifs is 2. The van der Waals surface area contributed by atoms with Crippen LogP contribution in [0.5, 0.6) is 0 Å². The second-order valence-electron chi connectivity index (χ2n) is 9.44. The van der Waals surface area contributed by atoms with E-state index in [1.807, 2.05) is 48.5 Å². The van der Waals surface area contributed by atoms with Gasteiger partial charge in [-0.3, -0.25) is 20.1 Å². The van der Waals surface area contributed by atoms with Crippen LogP contribution in [0.25, 0.3) is 56.0 Å². The van der Waals surface area contributed by atoms with Crippen molar-refractivity contribution in [3.8, 4) is 34.0 Å². The van der Waals surface area contributed by atoms with Crippen LogP contribution in [0.2, 0.25) is 0 Å². The second-order valence-corrected chi connectivity index (χ2v) is 9.44. The van der Waals surface area contributed by atoms with Gasteiger partial charge in [-0.1, -0.05) is 32.0 Å².